The van der Waals surface area contributed by atoms with Crippen molar-refractivity contribution in [2.75, 3.05) is 4.90 Å². The van der Waals surface area contributed by atoms with Gasteiger partial charge in [0.25, 0.3) is 0 Å². The molecule has 55 heavy (non-hydrogen) atoms. The van der Waals surface area contributed by atoms with Crippen LogP contribution in [-0.4, -0.2) is 15.0 Å². The van der Waals surface area contributed by atoms with Gasteiger partial charge in [0.2, 0.25) is 5.69 Å². The van der Waals surface area contributed by atoms with E-state index in [2.05, 4.69) is 76.5 Å². The number of benzene rings is 7. The maximum absolute atomic E-state index is 10.8. The first-order chi connectivity index (χ1) is 27.2. The van der Waals surface area contributed by atoms with Gasteiger partial charge in [0.15, 0.2) is 17.5 Å². The molecule has 7 nitrogen and oxygen atoms in total. The Hall–Kier alpha value is -7.87. The molecule has 1 aromatic heterocycles. The predicted octanol–water partition coefficient (Wildman–Crippen LogP) is 11.6. The Morgan fingerprint density at radius 3 is 1.51 bits per heavy atom. The van der Waals surface area contributed by atoms with Crippen LogP contribution in [-0.2, 0) is 5.41 Å². The molecule has 0 saturated carbocycles. The molecule has 0 bridgehead atoms. The van der Waals surface area contributed by atoms with Crippen LogP contribution >= 0.6 is 0 Å². The van der Waals surface area contributed by atoms with Crippen LogP contribution in [0, 0.1) is 17.9 Å². The molecule has 0 radical (unpaired) electrons. The molecule has 0 unspecified atom stereocenters. The van der Waals surface area contributed by atoms with Crippen LogP contribution in [0.2, 0.25) is 0 Å². The number of anilines is 3. The van der Waals surface area contributed by atoms with Gasteiger partial charge in [-0.25, -0.2) is 19.8 Å². The summed E-state index contributed by atoms with van der Waals surface area (Å²) in [5.74, 6) is 2.76. The summed E-state index contributed by atoms with van der Waals surface area (Å²) < 4.78 is 6.54. The molecule has 10 rings (SSSR count). The zero-order valence-electron chi connectivity index (χ0n) is 29.3. The first-order valence-electron chi connectivity index (χ1n) is 17.9. The molecular weight excluding hydrogens is 677 g/mol. The first-order valence-corrected chi connectivity index (χ1v) is 17.9. The predicted molar refractivity (Wildman–Crippen MR) is 214 cm³/mol. The summed E-state index contributed by atoms with van der Waals surface area (Å²) in [6.07, 6.45) is 0. The van der Waals surface area contributed by atoms with Crippen molar-refractivity contribution in [2.45, 2.75) is 5.41 Å². The second-order valence-corrected chi connectivity index (χ2v) is 13.4. The number of hydrogen-bond acceptors (Lipinski definition) is 6. The fraction of sp³-hybridized carbons (Fsp3) is 0.0208. The second kappa shape index (κ2) is 12.7. The van der Waals surface area contributed by atoms with E-state index in [-0.39, 0.29) is 17.1 Å². The van der Waals surface area contributed by atoms with Gasteiger partial charge in [0.1, 0.15) is 11.5 Å². The molecule has 256 valence electrons. The average Bonchev–Trinajstić information content (AvgIpc) is 3.26. The van der Waals surface area contributed by atoms with Crippen molar-refractivity contribution in [3.8, 4) is 51.7 Å². The molecule has 2 aliphatic rings. The van der Waals surface area contributed by atoms with Crippen LogP contribution in [0.3, 0.4) is 0 Å². The largest absolute Gasteiger partial charge is 0.457 e. The zero-order chi connectivity index (χ0) is 36.9. The molecular formula is C48H28N6O. The molecule has 2 aliphatic heterocycles. The van der Waals surface area contributed by atoms with Crippen LogP contribution in [0.4, 0.5) is 22.7 Å². The Bertz CT molecular complexity index is 2710. The van der Waals surface area contributed by atoms with Gasteiger partial charge in [-0.3, -0.25) is 0 Å². The van der Waals surface area contributed by atoms with Crippen molar-refractivity contribution < 1.29 is 4.74 Å². The van der Waals surface area contributed by atoms with E-state index in [1.54, 1.807) is 0 Å². The molecule has 8 aromatic rings. The van der Waals surface area contributed by atoms with Gasteiger partial charge in [-0.2, -0.15) is 5.26 Å². The highest BCUT2D eigenvalue weighted by Crippen LogP contribution is 2.62. The monoisotopic (exact) mass is 704 g/mol. The number of rotatable bonds is 4. The Kier molecular flexibility index (Phi) is 7.33. The summed E-state index contributed by atoms with van der Waals surface area (Å²) in [5, 5.41) is 10.8. The van der Waals surface area contributed by atoms with Crippen molar-refractivity contribution >= 4 is 22.7 Å². The summed E-state index contributed by atoms with van der Waals surface area (Å²) in [7, 11) is 0. The Morgan fingerprint density at radius 2 is 1.00 bits per heavy atom. The quantitative estimate of drug-likeness (QED) is 0.170. The first kappa shape index (κ1) is 31.8. The van der Waals surface area contributed by atoms with Gasteiger partial charge in [0.05, 0.1) is 35.0 Å². The van der Waals surface area contributed by atoms with Crippen LogP contribution in [0.1, 0.15) is 27.8 Å². The van der Waals surface area contributed by atoms with Gasteiger partial charge in [-0.05, 0) is 47.5 Å². The van der Waals surface area contributed by atoms with E-state index in [1.807, 2.05) is 109 Å². The van der Waals surface area contributed by atoms with Gasteiger partial charge < -0.3 is 9.64 Å². The van der Waals surface area contributed by atoms with Crippen LogP contribution < -0.4 is 9.64 Å². The van der Waals surface area contributed by atoms with Crippen molar-refractivity contribution in [2.24, 2.45) is 0 Å². The molecule has 3 heterocycles. The third-order valence-corrected chi connectivity index (χ3v) is 10.4. The lowest BCUT2D eigenvalue weighted by atomic mass is 9.61. The minimum absolute atomic E-state index is 0.260. The van der Waals surface area contributed by atoms with Crippen LogP contribution in [0.15, 0.2) is 170 Å². The molecule has 0 aliphatic carbocycles. The molecule has 7 aromatic carbocycles. The van der Waals surface area contributed by atoms with E-state index >= 15 is 0 Å². The van der Waals surface area contributed by atoms with Gasteiger partial charge >= 0.3 is 0 Å². The van der Waals surface area contributed by atoms with E-state index < -0.39 is 5.41 Å². The Labute approximate surface area is 317 Å². The topological polar surface area (TPSA) is 79.3 Å². The molecule has 0 atom stereocenters. The highest BCUT2D eigenvalue weighted by molar-refractivity contribution is 5.94. The maximum atomic E-state index is 10.8. The van der Waals surface area contributed by atoms with Gasteiger partial charge in [-0.1, -0.05) is 133 Å². The number of para-hydroxylation sites is 4. The highest BCUT2D eigenvalue weighted by Gasteiger charge is 2.51. The lowest BCUT2D eigenvalue weighted by Gasteiger charge is -2.48. The summed E-state index contributed by atoms with van der Waals surface area (Å²) in [5.41, 5.74) is 8.53. The second-order valence-electron chi connectivity index (χ2n) is 13.4. The lowest BCUT2D eigenvalue weighted by molar-refractivity contribution is 0.434. The minimum Gasteiger partial charge on any atom is -0.457 e. The molecule has 0 N–H and O–H groups in total. The van der Waals surface area contributed by atoms with Crippen molar-refractivity contribution in [1.29, 1.82) is 5.26 Å². The number of nitriles is 1. The smallest absolute Gasteiger partial charge is 0.201 e. The Balaban J connectivity index is 1.21. The molecule has 1 spiro atoms. The minimum atomic E-state index is -0.706. The lowest BCUT2D eigenvalue weighted by Crippen LogP contribution is -2.39. The number of ether oxygens (including phenoxy) is 1. The zero-order valence-corrected chi connectivity index (χ0v) is 29.3. The van der Waals surface area contributed by atoms with Crippen LogP contribution in [0.5, 0.6) is 11.5 Å². The summed E-state index contributed by atoms with van der Waals surface area (Å²) in [6.45, 7) is 8.47. The van der Waals surface area contributed by atoms with E-state index in [4.69, 9.17) is 26.3 Å². The SMILES string of the molecule is [C-]#[N+]c1cc(N2c3ccccc3C3(c4ccccc4Oc4ccccc43)c3ccccc32)cc(C#N)c1-c1nc(-c2ccccc2)nc(-c2ccccc2)n1. The third kappa shape index (κ3) is 4.85. The fourth-order valence-corrected chi connectivity index (χ4v) is 8.17. The summed E-state index contributed by atoms with van der Waals surface area (Å²) in [6, 6.07) is 58.6. The summed E-state index contributed by atoms with van der Waals surface area (Å²) in [4.78, 5) is 20.8. The molecule has 7 heteroatoms. The van der Waals surface area contributed by atoms with Crippen molar-refractivity contribution in [3.63, 3.8) is 0 Å². The van der Waals surface area contributed by atoms with E-state index in [0.717, 1.165) is 56.3 Å². The van der Waals surface area contributed by atoms with Gasteiger partial charge in [0, 0.05) is 33.5 Å². The maximum Gasteiger partial charge on any atom is 0.201 e. The molecule has 0 fully saturated rings. The van der Waals surface area contributed by atoms with E-state index in [0.29, 0.717) is 22.9 Å². The highest BCUT2D eigenvalue weighted by atomic mass is 16.5. The number of hydrogen-bond donors (Lipinski definition) is 0. The average molecular weight is 705 g/mol. The number of aromatic nitrogens is 3. The molecule has 0 amide bonds. The van der Waals surface area contributed by atoms with E-state index in [1.165, 1.54) is 0 Å². The van der Waals surface area contributed by atoms with Crippen molar-refractivity contribution in [1.82, 2.24) is 15.0 Å². The molecule has 0 saturated heterocycles. The van der Waals surface area contributed by atoms with Crippen LogP contribution in [0.25, 0.3) is 39.0 Å². The third-order valence-electron chi connectivity index (χ3n) is 10.4. The number of fused-ring (bicyclic) bond motifs is 8. The van der Waals surface area contributed by atoms with Crippen molar-refractivity contribution in [3.05, 3.63) is 209 Å². The number of nitrogens with zero attached hydrogens (tertiary/aromatic N) is 6. The normalized spacial score (nSPS) is 12.9. The summed E-state index contributed by atoms with van der Waals surface area (Å²) >= 11 is 0. The van der Waals surface area contributed by atoms with Gasteiger partial charge in [-0.15, -0.1) is 0 Å². The fourth-order valence-electron chi connectivity index (χ4n) is 8.17. The van der Waals surface area contributed by atoms with E-state index in [9.17, 15) is 5.26 Å². The standard InChI is InChI=1S/C48H28N6O/c1-50-39-29-34(28-33(30-49)44(39)47-52-45(31-16-4-2-5-17-31)51-46(53-47)32-18-6-3-7-19-32)54-40-24-12-8-20-35(40)48(36-21-9-13-25-41(36)54)37-22-10-14-26-42(37)55-43-27-15-11-23-38(43)48/h2-29H. The Morgan fingerprint density at radius 1 is 0.545 bits per heavy atom.